The first-order chi connectivity index (χ1) is 23.8. The molecule has 11 nitrogen and oxygen atoms in total. The van der Waals surface area contributed by atoms with Crippen LogP contribution in [0.5, 0.6) is 17.2 Å². The molecule has 4 heterocycles. The average molecular weight is 658 g/mol. The number of ether oxygens (including phenoxy) is 3. The van der Waals surface area contributed by atoms with Crippen LogP contribution in [0, 0.1) is 6.92 Å². The van der Waals surface area contributed by atoms with Gasteiger partial charge in [0.15, 0.2) is 18.1 Å². The summed E-state index contributed by atoms with van der Waals surface area (Å²) in [5.74, 6) is 0.694. The largest absolute Gasteiger partial charge is 0.493 e. The van der Waals surface area contributed by atoms with E-state index in [4.69, 9.17) is 14.2 Å². The zero-order chi connectivity index (χ0) is 33.9. The average Bonchev–Trinajstić information content (AvgIpc) is 3.81. The van der Waals surface area contributed by atoms with E-state index >= 15 is 0 Å². The van der Waals surface area contributed by atoms with Crippen molar-refractivity contribution < 1.29 is 28.6 Å². The second-order valence-electron chi connectivity index (χ2n) is 12.1. The summed E-state index contributed by atoms with van der Waals surface area (Å²) in [7, 11) is 1.54. The molecule has 1 fully saturated rings. The molecule has 11 heteroatoms. The van der Waals surface area contributed by atoms with Crippen molar-refractivity contribution >= 4 is 17.7 Å². The number of nitrogens with zero attached hydrogens (tertiary/aromatic N) is 2. The lowest BCUT2D eigenvalue weighted by molar-refractivity contribution is -0.123. The van der Waals surface area contributed by atoms with Crippen molar-refractivity contribution in [2.75, 3.05) is 26.8 Å². The Morgan fingerprint density at radius 1 is 0.918 bits per heavy atom. The molecule has 0 radical (unpaired) electrons. The van der Waals surface area contributed by atoms with Gasteiger partial charge in [-0.3, -0.25) is 19.5 Å². The maximum absolute atomic E-state index is 13.9. The summed E-state index contributed by atoms with van der Waals surface area (Å²) in [5, 5.41) is 12.9. The van der Waals surface area contributed by atoms with Crippen molar-refractivity contribution in [3.8, 4) is 39.5 Å². The number of hydrogen-bond acceptors (Lipinski definition) is 7. The molecule has 3 amide bonds. The van der Waals surface area contributed by atoms with E-state index in [0.29, 0.717) is 28.4 Å². The van der Waals surface area contributed by atoms with Crippen LogP contribution in [0.4, 0.5) is 0 Å². The van der Waals surface area contributed by atoms with E-state index in [1.165, 1.54) is 7.11 Å². The Morgan fingerprint density at radius 3 is 2.61 bits per heavy atom. The van der Waals surface area contributed by atoms with Gasteiger partial charge in [-0.1, -0.05) is 36.4 Å². The number of H-pyrrole nitrogens is 1. The second kappa shape index (κ2) is 13.6. The standard InChI is InChI=1S/C38H35N5O6/c1-23-9-11-27-16-31(23)26-6-4-8-30(15-26)48-22-36(44)39-17-24-10-12-33(34(13-24)47-2)49-35-21-43(20-32(35)42-37(27)45)38(46)28-7-3-5-25(14-28)29-18-40-41-19-29/h3-16,18-19,32,35H,17,20-22H2,1-2H3,(H,39,44)(H,40,41)(H,42,45)/t32-,35-/m0/s1. The lowest BCUT2D eigenvalue weighted by Gasteiger charge is -2.23. The molecule has 0 aliphatic carbocycles. The minimum atomic E-state index is -0.589. The first-order valence-corrected chi connectivity index (χ1v) is 16.0. The molecule has 3 aliphatic heterocycles. The maximum atomic E-state index is 13.9. The van der Waals surface area contributed by atoms with E-state index in [0.717, 1.165) is 33.4 Å². The van der Waals surface area contributed by atoms with Crippen molar-refractivity contribution in [1.29, 1.82) is 0 Å². The summed E-state index contributed by atoms with van der Waals surface area (Å²) >= 11 is 0. The number of fused-ring (bicyclic) bond motifs is 7. The molecule has 0 spiro atoms. The molecule has 5 aromatic rings. The van der Waals surface area contributed by atoms with Gasteiger partial charge in [-0.15, -0.1) is 0 Å². The Balaban J connectivity index is 1.23. The predicted molar refractivity (Wildman–Crippen MR) is 183 cm³/mol. The van der Waals surface area contributed by atoms with E-state index in [1.807, 2.05) is 61.5 Å². The maximum Gasteiger partial charge on any atom is 0.258 e. The van der Waals surface area contributed by atoms with Gasteiger partial charge in [0.2, 0.25) is 0 Å². The number of aromatic nitrogens is 2. The Hall–Kier alpha value is -6.10. The summed E-state index contributed by atoms with van der Waals surface area (Å²) in [6.07, 6.45) is 2.89. The number of amides is 3. The molecule has 1 saturated heterocycles. The van der Waals surface area contributed by atoms with E-state index in [2.05, 4.69) is 20.8 Å². The third kappa shape index (κ3) is 6.82. The molecular formula is C38H35N5O6. The first-order valence-electron chi connectivity index (χ1n) is 16.0. The molecule has 2 atom stereocenters. The highest BCUT2D eigenvalue weighted by Gasteiger charge is 2.39. The normalized spacial score (nSPS) is 17.6. The molecule has 49 heavy (non-hydrogen) atoms. The Labute approximate surface area is 283 Å². The van der Waals surface area contributed by atoms with Gasteiger partial charge >= 0.3 is 0 Å². The van der Waals surface area contributed by atoms with Crippen LogP contribution in [0.15, 0.2) is 97.3 Å². The summed E-state index contributed by atoms with van der Waals surface area (Å²) in [5.41, 5.74) is 6.18. The van der Waals surface area contributed by atoms with Crippen LogP contribution in [-0.4, -0.2) is 71.8 Å². The fourth-order valence-corrected chi connectivity index (χ4v) is 6.18. The monoisotopic (exact) mass is 657 g/mol. The highest BCUT2D eigenvalue weighted by molar-refractivity contribution is 5.97. The molecule has 1 aromatic heterocycles. The van der Waals surface area contributed by atoms with Gasteiger partial charge in [-0.2, -0.15) is 5.10 Å². The quantitative estimate of drug-likeness (QED) is 0.255. The number of rotatable bonds is 3. The van der Waals surface area contributed by atoms with Crippen LogP contribution in [0.2, 0.25) is 0 Å². The summed E-state index contributed by atoms with van der Waals surface area (Å²) in [4.78, 5) is 42.1. The zero-order valence-corrected chi connectivity index (χ0v) is 27.1. The number of methoxy groups -OCH3 is 1. The first kappa shape index (κ1) is 31.5. The van der Waals surface area contributed by atoms with E-state index < -0.39 is 12.1 Å². The highest BCUT2D eigenvalue weighted by Crippen LogP contribution is 2.32. The van der Waals surface area contributed by atoms with Gasteiger partial charge in [-0.05, 0) is 83.3 Å². The van der Waals surface area contributed by atoms with Gasteiger partial charge < -0.3 is 29.7 Å². The molecule has 6 bridgehead atoms. The number of carbonyl (C=O) groups is 3. The zero-order valence-electron chi connectivity index (χ0n) is 27.1. The lowest BCUT2D eigenvalue weighted by Crippen LogP contribution is -2.45. The van der Waals surface area contributed by atoms with E-state index in [9.17, 15) is 14.4 Å². The molecule has 0 saturated carbocycles. The van der Waals surface area contributed by atoms with Crippen LogP contribution in [-0.2, 0) is 11.3 Å². The molecule has 3 aliphatic rings. The molecule has 3 N–H and O–H groups in total. The summed E-state index contributed by atoms with van der Waals surface area (Å²) in [6, 6.07) is 25.2. The molecule has 4 aromatic carbocycles. The number of aromatic amines is 1. The molecule has 0 unspecified atom stereocenters. The molecular weight excluding hydrogens is 622 g/mol. The van der Waals surface area contributed by atoms with Gasteiger partial charge in [0.25, 0.3) is 17.7 Å². The van der Waals surface area contributed by atoms with Crippen molar-refractivity contribution in [1.82, 2.24) is 25.7 Å². The summed E-state index contributed by atoms with van der Waals surface area (Å²) < 4.78 is 18.0. The Morgan fingerprint density at radius 2 is 1.78 bits per heavy atom. The van der Waals surface area contributed by atoms with E-state index in [1.54, 1.807) is 47.6 Å². The number of hydrogen-bond donors (Lipinski definition) is 3. The topological polar surface area (TPSA) is 135 Å². The van der Waals surface area contributed by atoms with Gasteiger partial charge in [0.1, 0.15) is 11.9 Å². The van der Waals surface area contributed by atoms with Crippen LogP contribution < -0.4 is 24.8 Å². The SMILES string of the molecule is COc1cc2ccc1O[C@H]1CN(C(=O)c3cccc(-c4cn[nH]c4)c3)C[C@@H]1NC(=O)c1ccc(C)c(c1)-c1cccc(c1)OCC(=O)NC2. The van der Waals surface area contributed by atoms with Crippen molar-refractivity contribution in [2.24, 2.45) is 0 Å². The molecule has 8 rings (SSSR count). The fraction of sp³-hybridized carbons (Fsp3) is 0.211. The summed E-state index contributed by atoms with van der Waals surface area (Å²) in [6.45, 7) is 2.53. The Bertz CT molecular complexity index is 2030. The van der Waals surface area contributed by atoms with Gasteiger partial charge in [0.05, 0.1) is 25.9 Å². The Kier molecular flexibility index (Phi) is 8.72. The number of benzene rings is 4. The van der Waals surface area contributed by atoms with E-state index in [-0.39, 0.29) is 44.0 Å². The number of nitrogens with one attached hydrogen (secondary N) is 3. The lowest BCUT2D eigenvalue weighted by atomic mass is 9.97. The third-order valence-corrected chi connectivity index (χ3v) is 8.82. The van der Waals surface area contributed by atoms with Gasteiger partial charge in [0, 0.05) is 36.0 Å². The smallest absolute Gasteiger partial charge is 0.258 e. The van der Waals surface area contributed by atoms with Crippen LogP contribution in [0.1, 0.15) is 31.8 Å². The minimum Gasteiger partial charge on any atom is -0.493 e. The van der Waals surface area contributed by atoms with Crippen LogP contribution >= 0.6 is 0 Å². The highest BCUT2D eigenvalue weighted by atomic mass is 16.5. The fourth-order valence-electron chi connectivity index (χ4n) is 6.18. The van der Waals surface area contributed by atoms with Crippen molar-refractivity contribution in [3.63, 3.8) is 0 Å². The van der Waals surface area contributed by atoms with Crippen LogP contribution in [0.3, 0.4) is 0 Å². The second-order valence-corrected chi connectivity index (χ2v) is 12.1. The van der Waals surface area contributed by atoms with Crippen molar-refractivity contribution in [2.45, 2.75) is 25.6 Å². The van der Waals surface area contributed by atoms with Crippen molar-refractivity contribution in [3.05, 3.63) is 120 Å². The predicted octanol–water partition coefficient (Wildman–Crippen LogP) is 4.77. The number of aryl methyl sites for hydroxylation is 1. The third-order valence-electron chi connectivity index (χ3n) is 8.82. The minimum absolute atomic E-state index is 0.158. The number of likely N-dealkylation sites (tertiary alicyclic amines) is 1. The molecule has 248 valence electrons. The van der Waals surface area contributed by atoms with Crippen LogP contribution in [0.25, 0.3) is 22.3 Å². The van der Waals surface area contributed by atoms with Gasteiger partial charge in [-0.25, -0.2) is 0 Å². The number of carbonyl (C=O) groups excluding carboxylic acids is 3.